The summed E-state index contributed by atoms with van der Waals surface area (Å²) < 4.78 is 0. The van der Waals surface area contributed by atoms with Crippen molar-refractivity contribution in [1.82, 2.24) is 10.6 Å². The number of nitrogens with two attached hydrogens (primary N) is 1. The first kappa shape index (κ1) is 14.0. The molecule has 0 spiro atoms. The van der Waals surface area contributed by atoms with Crippen molar-refractivity contribution in [3.05, 3.63) is 29.3 Å². The third kappa shape index (κ3) is 2.79. The summed E-state index contributed by atoms with van der Waals surface area (Å²) in [5.41, 5.74) is 7.63. The van der Waals surface area contributed by atoms with Crippen molar-refractivity contribution in [3.8, 4) is 0 Å². The standard InChI is InChI=1S/C14H17N3O3/c1-2-8-9(4-3-5-10(8)15)13(19)16-11-6-7-12(18)17-14(11)20/h3-5,11H,2,6-7,15H2,1H3,(H,16,19)(H,17,18,20). The van der Waals surface area contributed by atoms with Crippen LogP contribution in [0.25, 0.3) is 0 Å². The highest BCUT2D eigenvalue weighted by Crippen LogP contribution is 2.18. The Morgan fingerprint density at radius 2 is 2.20 bits per heavy atom. The van der Waals surface area contributed by atoms with Gasteiger partial charge in [0, 0.05) is 17.7 Å². The fourth-order valence-electron chi connectivity index (χ4n) is 2.28. The van der Waals surface area contributed by atoms with Gasteiger partial charge in [-0.3, -0.25) is 19.7 Å². The molecule has 1 unspecified atom stereocenters. The molecule has 0 saturated carbocycles. The number of hydrogen-bond acceptors (Lipinski definition) is 4. The zero-order valence-electron chi connectivity index (χ0n) is 11.2. The largest absolute Gasteiger partial charge is 0.398 e. The number of rotatable bonds is 3. The van der Waals surface area contributed by atoms with Gasteiger partial charge < -0.3 is 11.1 Å². The summed E-state index contributed by atoms with van der Waals surface area (Å²) in [4.78, 5) is 34.9. The van der Waals surface area contributed by atoms with Crippen molar-refractivity contribution in [2.75, 3.05) is 5.73 Å². The molecule has 6 heteroatoms. The maximum atomic E-state index is 12.2. The Balaban J connectivity index is 2.15. The molecule has 2 rings (SSSR count). The van der Waals surface area contributed by atoms with Gasteiger partial charge in [0.15, 0.2) is 0 Å². The van der Waals surface area contributed by atoms with Gasteiger partial charge in [0.1, 0.15) is 6.04 Å². The number of hydrogen-bond donors (Lipinski definition) is 3. The van der Waals surface area contributed by atoms with Crippen LogP contribution in [0.1, 0.15) is 35.7 Å². The molecule has 0 aromatic heterocycles. The van der Waals surface area contributed by atoms with E-state index in [-0.39, 0.29) is 18.2 Å². The predicted molar refractivity (Wildman–Crippen MR) is 73.9 cm³/mol. The van der Waals surface area contributed by atoms with Gasteiger partial charge in [-0.25, -0.2) is 0 Å². The van der Waals surface area contributed by atoms with Gasteiger partial charge in [-0.2, -0.15) is 0 Å². The fraction of sp³-hybridized carbons (Fsp3) is 0.357. The van der Waals surface area contributed by atoms with Crippen LogP contribution in [0.4, 0.5) is 5.69 Å². The van der Waals surface area contributed by atoms with E-state index in [2.05, 4.69) is 10.6 Å². The molecule has 6 nitrogen and oxygen atoms in total. The van der Waals surface area contributed by atoms with Crippen LogP contribution >= 0.6 is 0 Å². The lowest BCUT2D eigenvalue weighted by Crippen LogP contribution is -2.52. The van der Waals surface area contributed by atoms with E-state index in [0.717, 1.165) is 5.56 Å². The first-order chi connectivity index (χ1) is 9.52. The molecular formula is C14H17N3O3. The van der Waals surface area contributed by atoms with Crippen LogP contribution in [0.2, 0.25) is 0 Å². The molecule has 1 heterocycles. The third-order valence-corrected chi connectivity index (χ3v) is 3.35. The Morgan fingerprint density at radius 3 is 2.85 bits per heavy atom. The number of benzene rings is 1. The molecule has 106 valence electrons. The van der Waals surface area contributed by atoms with E-state index < -0.39 is 11.9 Å². The normalized spacial score (nSPS) is 18.6. The second-order valence-electron chi connectivity index (χ2n) is 4.70. The summed E-state index contributed by atoms with van der Waals surface area (Å²) in [7, 11) is 0. The number of carbonyl (C=O) groups is 3. The highest BCUT2D eigenvalue weighted by atomic mass is 16.2. The van der Waals surface area contributed by atoms with Crippen LogP contribution in [0, 0.1) is 0 Å². The predicted octanol–water partition coefficient (Wildman–Crippen LogP) is 0.366. The first-order valence-corrected chi connectivity index (χ1v) is 6.54. The molecule has 0 bridgehead atoms. The maximum absolute atomic E-state index is 12.2. The summed E-state index contributed by atoms with van der Waals surface area (Å²) in [6.45, 7) is 1.91. The number of imide groups is 1. The van der Waals surface area contributed by atoms with Crippen LogP contribution in [-0.4, -0.2) is 23.8 Å². The second kappa shape index (κ2) is 5.73. The quantitative estimate of drug-likeness (QED) is 0.548. The SMILES string of the molecule is CCc1c(N)cccc1C(=O)NC1CCC(=O)NC1=O. The molecule has 3 amide bonds. The van der Waals surface area contributed by atoms with Gasteiger partial charge in [0.05, 0.1) is 0 Å². The van der Waals surface area contributed by atoms with Gasteiger partial charge in [0.25, 0.3) is 5.91 Å². The highest BCUT2D eigenvalue weighted by molar-refractivity contribution is 6.04. The minimum Gasteiger partial charge on any atom is -0.398 e. The molecule has 0 radical (unpaired) electrons. The fourth-order valence-corrected chi connectivity index (χ4v) is 2.28. The monoisotopic (exact) mass is 275 g/mol. The summed E-state index contributed by atoms with van der Waals surface area (Å²) in [6, 6.07) is 4.44. The summed E-state index contributed by atoms with van der Waals surface area (Å²) in [6.07, 6.45) is 1.18. The molecule has 1 fully saturated rings. The maximum Gasteiger partial charge on any atom is 0.252 e. The minimum atomic E-state index is -0.675. The van der Waals surface area contributed by atoms with Gasteiger partial charge >= 0.3 is 0 Å². The summed E-state index contributed by atoms with van der Waals surface area (Å²) >= 11 is 0. The summed E-state index contributed by atoms with van der Waals surface area (Å²) in [5.74, 6) is -1.11. The topological polar surface area (TPSA) is 101 Å². The highest BCUT2D eigenvalue weighted by Gasteiger charge is 2.28. The van der Waals surface area contributed by atoms with E-state index >= 15 is 0 Å². The Labute approximate surface area is 116 Å². The van der Waals surface area contributed by atoms with E-state index in [1.807, 2.05) is 6.92 Å². The number of nitrogens with one attached hydrogen (secondary N) is 2. The van der Waals surface area contributed by atoms with Crippen LogP contribution in [0.15, 0.2) is 18.2 Å². The number of anilines is 1. The van der Waals surface area contributed by atoms with Crippen LogP contribution in [0.3, 0.4) is 0 Å². The third-order valence-electron chi connectivity index (χ3n) is 3.35. The van der Waals surface area contributed by atoms with Crippen molar-refractivity contribution in [2.45, 2.75) is 32.2 Å². The van der Waals surface area contributed by atoms with Gasteiger partial charge in [0.2, 0.25) is 11.8 Å². The lowest BCUT2D eigenvalue weighted by molar-refractivity contribution is -0.134. The van der Waals surface area contributed by atoms with Gasteiger partial charge in [-0.1, -0.05) is 13.0 Å². The molecule has 1 aromatic carbocycles. The molecule has 1 aliphatic rings. The van der Waals surface area contributed by atoms with Crippen LogP contribution in [0.5, 0.6) is 0 Å². The molecule has 1 aromatic rings. The average Bonchev–Trinajstić information content (AvgIpc) is 2.41. The lowest BCUT2D eigenvalue weighted by atomic mass is 10.0. The number of piperidine rings is 1. The zero-order chi connectivity index (χ0) is 14.7. The molecule has 1 saturated heterocycles. The van der Waals surface area contributed by atoms with Gasteiger partial charge in [-0.05, 0) is 30.5 Å². The zero-order valence-corrected chi connectivity index (χ0v) is 11.2. The van der Waals surface area contributed by atoms with E-state index in [4.69, 9.17) is 5.73 Å². The van der Waals surface area contributed by atoms with E-state index in [9.17, 15) is 14.4 Å². The minimum absolute atomic E-state index is 0.230. The van der Waals surface area contributed by atoms with Crippen LogP contribution < -0.4 is 16.4 Å². The Morgan fingerprint density at radius 1 is 1.45 bits per heavy atom. The molecule has 1 atom stereocenters. The first-order valence-electron chi connectivity index (χ1n) is 6.54. The molecule has 20 heavy (non-hydrogen) atoms. The van der Waals surface area contributed by atoms with E-state index in [0.29, 0.717) is 24.1 Å². The van der Waals surface area contributed by atoms with Crippen molar-refractivity contribution in [3.63, 3.8) is 0 Å². The van der Waals surface area contributed by atoms with Crippen LogP contribution in [-0.2, 0) is 16.0 Å². The second-order valence-corrected chi connectivity index (χ2v) is 4.70. The van der Waals surface area contributed by atoms with Crippen molar-refractivity contribution in [2.24, 2.45) is 0 Å². The average molecular weight is 275 g/mol. The van der Waals surface area contributed by atoms with E-state index in [1.165, 1.54) is 0 Å². The smallest absolute Gasteiger partial charge is 0.252 e. The molecular weight excluding hydrogens is 258 g/mol. The van der Waals surface area contributed by atoms with Crippen molar-refractivity contribution >= 4 is 23.4 Å². The number of amides is 3. The van der Waals surface area contributed by atoms with Crippen molar-refractivity contribution in [1.29, 1.82) is 0 Å². The van der Waals surface area contributed by atoms with Crippen molar-refractivity contribution < 1.29 is 14.4 Å². The number of nitrogen functional groups attached to an aromatic ring is 1. The van der Waals surface area contributed by atoms with E-state index in [1.54, 1.807) is 18.2 Å². The molecule has 1 aliphatic heterocycles. The number of carbonyl (C=O) groups excluding carboxylic acids is 3. The Kier molecular flexibility index (Phi) is 4.02. The molecule has 4 N–H and O–H groups in total. The Bertz CT molecular complexity index is 569. The summed E-state index contributed by atoms with van der Waals surface area (Å²) in [5, 5.41) is 4.86. The Hall–Kier alpha value is -2.37. The van der Waals surface area contributed by atoms with Gasteiger partial charge in [-0.15, -0.1) is 0 Å². The lowest BCUT2D eigenvalue weighted by Gasteiger charge is -2.22. The molecule has 0 aliphatic carbocycles.